The number of para-hydroxylation sites is 1. The third-order valence-corrected chi connectivity index (χ3v) is 7.55. The molecule has 0 aliphatic carbocycles. The Kier molecular flexibility index (Phi) is 6.85. The van der Waals surface area contributed by atoms with Crippen molar-refractivity contribution in [1.29, 1.82) is 0 Å². The van der Waals surface area contributed by atoms with Crippen LogP contribution in [0.2, 0.25) is 0 Å². The molecular formula is C23H25N3O7S. The Morgan fingerprint density at radius 3 is 2.35 bits per heavy atom. The molecule has 2 aliphatic heterocycles. The Hall–Kier alpha value is -3.44. The molecule has 2 aromatic rings. The lowest BCUT2D eigenvalue weighted by molar-refractivity contribution is -0.167. The Morgan fingerprint density at radius 1 is 1.06 bits per heavy atom. The highest BCUT2D eigenvalue weighted by Crippen LogP contribution is 2.35. The maximum absolute atomic E-state index is 12.9. The number of β-lactam (4-membered cyclic amide) rings is 1. The van der Waals surface area contributed by atoms with Crippen molar-refractivity contribution < 1.29 is 32.3 Å². The summed E-state index contributed by atoms with van der Waals surface area (Å²) in [4.78, 5) is 39.2. The van der Waals surface area contributed by atoms with Gasteiger partial charge in [-0.25, -0.2) is 13.2 Å². The molecule has 2 aliphatic rings. The summed E-state index contributed by atoms with van der Waals surface area (Å²) in [6.07, 6.45) is -1.40. The quantitative estimate of drug-likeness (QED) is 0.404. The molecule has 2 heterocycles. The number of nitrogens with zero attached hydrogens (tertiary/aromatic N) is 2. The summed E-state index contributed by atoms with van der Waals surface area (Å²) in [5.74, 6) is -1.66. The van der Waals surface area contributed by atoms with Gasteiger partial charge in [0.15, 0.2) is 12.8 Å². The van der Waals surface area contributed by atoms with E-state index in [1.54, 1.807) is 48.5 Å². The fourth-order valence-corrected chi connectivity index (χ4v) is 5.19. The minimum atomic E-state index is -3.82. The van der Waals surface area contributed by atoms with Gasteiger partial charge in [-0.1, -0.05) is 48.5 Å². The van der Waals surface area contributed by atoms with Crippen molar-refractivity contribution in [1.82, 2.24) is 14.5 Å². The Morgan fingerprint density at radius 2 is 1.71 bits per heavy atom. The number of esters is 1. The predicted molar refractivity (Wildman–Crippen MR) is 121 cm³/mol. The van der Waals surface area contributed by atoms with E-state index in [-0.39, 0.29) is 25.5 Å². The highest BCUT2D eigenvalue weighted by atomic mass is 32.2. The van der Waals surface area contributed by atoms with Crippen LogP contribution in [0.3, 0.4) is 0 Å². The van der Waals surface area contributed by atoms with E-state index in [9.17, 15) is 22.8 Å². The molecule has 2 aromatic carbocycles. The number of hydrogen-bond acceptors (Lipinski definition) is 7. The lowest BCUT2D eigenvalue weighted by atomic mass is 9.96. The molecule has 2 unspecified atom stereocenters. The fourth-order valence-electron chi connectivity index (χ4n) is 3.99. The lowest BCUT2D eigenvalue weighted by Crippen LogP contribution is -2.71. The molecule has 2 fully saturated rings. The first-order valence-electron chi connectivity index (χ1n) is 10.8. The van der Waals surface area contributed by atoms with E-state index in [1.807, 2.05) is 12.1 Å². The molecule has 0 aromatic heterocycles. The van der Waals surface area contributed by atoms with Crippen LogP contribution in [0.25, 0.3) is 0 Å². The number of carbonyl (C=O) groups excluding carboxylic acids is 3. The standard InChI is InChI=1S/C23H25N3O7S/c1-2-34(30,31)25-13-18-20(24-19(27)15-32-17-11-7-4-8-12-17)22(28)26(18)21(25)23(29)33-14-16-9-5-3-6-10-16/h3-12,18,20-21H,2,13-15H2,1H3,(H,24,27)/t18?,20-,21?/m0/s1. The summed E-state index contributed by atoms with van der Waals surface area (Å²) in [6.45, 7) is 0.983. The van der Waals surface area contributed by atoms with Gasteiger partial charge in [-0.3, -0.25) is 9.59 Å². The number of benzene rings is 2. The Labute approximate surface area is 197 Å². The van der Waals surface area contributed by atoms with Crippen LogP contribution in [0.4, 0.5) is 0 Å². The van der Waals surface area contributed by atoms with Crippen LogP contribution < -0.4 is 10.1 Å². The van der Waals surface area contributed by atoms with Gasteiger partial charge in [0.2, 0.25) is 15.9 Å². The first kappa shape index (κ1) is 23.7. The zero-order chi connectivity index (χ0) is 24.3. The maximum atomic E-state index is 12.9. The average Bonchev–Trinajstić information content (AvgIpc) is 3.23. The largest absolute Gasteiger partial charge is 0.484 e. The summed E-state index contributed by atoms with van der Waals surface area (Å²) in [7, 11) is -3.82. The highest BCUT2D eigenvalue weighted by Gasteiger charge is 2.62. The Balaban J connectivity index is 1.43. The summed E-state index contributed by atoms with van der Waals surface area (Å²) in [6, 6.07) is 16.0. The zero-order valence-electron chi connectivity index (χ0n) is 18.5. The topological polar surface area (TPSA) is 122 Å². The van der Waals surface area contributed by atoms with Gasteiger partial charge in [-0.05, 0) is 24.6 Å². The zero-order valence-corrected chi connectivity index (χ0v) is 19.3. The van der Waals surface area contributed by atoms with E-state index >= 15 is 0 Å². The number of nitrogens with one attached hydrogen (secondary N) is 1. The SMILES string of the molecule is CCS(=O)(=O)N1CC2[C@H](NC(=O)COc3ccccc3)C(=O)N2C1C(=O)OCc1ccccc1. The predicted octanol–water partition coefficient (Wildman–Crippen LogP) is 0.496. The molecule has 11 heteroatoms. The van der Waals surface area contributed by atoms with E-state index in [1.165, 1.54) is 11.8 Å². The van der Waals surface area contributed by atoms with E-state index in [4.69, 9.17) is 9.47 Å². The fraction of sp³-hybridized carbons (Fsp3) is 0.348. The van der Waals surface area contributed by atoms with Gasteiger partial charge in [0, 0.05) is 6.54 Å². The van der Waals surface area contributed by atoms with Gasteiger partial charge >= 0.3 is 5.97 Å². The summed E-state index contributed by atoms with van der Waals surface area (Å²) in [5.41, 5.74) is 0.730. The smallest absolute Gasteiger partial charge is 0.345 e. The van der Waals surface area contributed by atoms with Crippen molar-refractivity contribution >= 4 is 27.8 Å². The molecule has 180 valence electrons. The molecule has 10 nitrogen and oxygen atoms in total. The molecule has 4 rings (SSSR count). The number of ether oxygens (including phenoxy) is 2. The monoisotopic (exact) mass is 487 g/mol. The van der Waals surface area contributed by atoms with Crippen molar-refractivity contribution in [2.45, 2.75) is 31.8 Å². The van der Waals surface area contributed by atoms with E-state index < -0.39 is 46.1 Å². The first-order chi connectivity index (χ1) is 16.3. The Bertz CT molecular complexity index is 1160. The minimum absolute atomic E-state index is 0.0557. The molecule has 0 bridgehead atoms. The van der Waals surface area contributed by atoms with Crippen LogP contribution in [0.1, 0.15) is 12.5 Å². The second-order valence-electron chi connectivity index (χ2n) is 7.90. The average molecular weight is 488 g/mol. The lowest BCUT2D eigenvalue weighted by Gasteiger charge is -2.43. The maximum Gasteiger partial charge on any atom is 0.345 e. The van der Waals surface area contributed by atoms with Crippen LogP contribution >= 0.6 is 0 Å². The van der Waals surface area contributed by atoms with Crippen LogP contribution in [0.15, 0.2) is 60.7 Å². The second kappa shape index (κ2) is 9.82. The van der Waals surface area contributed by atoms with Crippen LogP contribution in [0, 0.1) is 0 Å². The van der Waals surface area contributed by atoms with Gasteiger partial charge in [0.05, 0.1) is 11.8 Å². The number of amides is 2. The van der Waals surface area contributed by atoms with Crippen molar-refractivity contribution in [3.05, 3.63) is 66.2 Å². The van der Waals surface area contributed by atoms with Crippen molar-refractivity contribution in [2.24, 2.45) is 0 Å². The molecular weight excluding hydrogens is 462 g/mol. The van der Waals surface area contributed by atoms with Crippen LogP contribution in [-0.2, 0) is 35.8 Å². The van der Waals surface area contributed by atoms with E-state index in [0.717, 1.165) is 9.87 Å². The second-order valence-corrected chi connectivity index (χ2v) is 10.1. The van der Waals surface area contributed by atoms with Crippen molar-refractivity contribution in [3.8, 4) is 5.75 Å². The number of sulfonamides is 1. The molecule has 0 spiro atoms. The van der Waals surface area contributed by atoms with Crippen molar-refractivity contribution in [3.63, 3.8) is 0 Å². The third-order valence-electron chi connectivity index (χ3n) is 5.75. The van der Waals surface area contributed by atoms with Gasteiger partial charge in [-0.15, -0.1) is 0 Å². The van der Waals surface area contributed by atoms with E-state index in [2.05, 4.69) is 5.32 Å². The molecule has 1 N–H and O–H groups in total. The third kappa shape index (κ3) is 4.75. The van der Waals surface area contributed by atoms with Crippen molar-refractivity contribution in [2.75, 3.05) is 18.9 Å². The van der Waals surface area contributed by atoms with Crippen LogP contribution in [0.5, 0.6) is 5.75 Å². The highest BCUT2D eigenvalue weighted by molar-refractivity contribution is 7.89. The van der Waals surface area contributed by atoms with Gasteiger partial charge in [-0.2, -0.15) is 4.31 Å². The normalized spacial score (nSPS) is 22.0. The summed E-state index contributed by atoms with van der Waals surface area (Å²) < 4.78 is 37.1. The summed E-state index contributed by atoms with van der Waals surface area (Å²) in [5, 5.41) is 2.59. The minimum Gasteiger partial charge on any atom is -0.484 e. The molecule has 3 atom stereocenters. The van der Waals surface area contributed by atoms with Gasteiger partial charge in [0.1, 0.15) is 18.4 Å². The molecule has 34 heavy (non-hydrogen) atoms. The number of hydrogen-bond donors (Lipinski definition) is 1. The van der Waals surface area contributed by atoms with Gasteiger partial charge in [0.25, 0.3) is 5.91 Å². The molecule has 0 radical (unpaired) electrons. The van der Waals surface area contributed by atoms with Gasteiger partial charge < -0.3 is 19.7 Å². The molecule has 0 saturated carbocycles. The van der Waals surface area contributed by atoms with E-state index in [0.29, 0.717) is 5.75 Å². The number of fused-ring (bicyclic) bond motifs is 1. The molecule has 2 amide bonds. The number of carbonyl (C=O) groups is 3. The number of rotatable bonds is 9. The van der Waals surface area contributed by atoms with Crippen LogP contribution in [-0.4, -0.2) is 72.6 Å². The summed E-state index contributed by atoms with van der Waals surface area (Å²) >= 11 is 0. The molecule has 2 saturated heterocycles. The first-order valence-corrected chi connectivity index (χ1v) is 12.4.